The van der Waals surface area contributed by atoms with Crippen molar-refractivity contribution in [2.24, 2.45) is 11.8 Å². The predicted octanol–water partition coefficient (Wildman–Crippen LogP) is 1.18. The highest BCUT2D eigenvalue weighted by Gasteiger charge is 2.60. The van der Waals surface area contributed by atoms with Crippen LogP contribution in [0, 0.1) is 23.5 Å². The van der Waals surface area contributed by atoms with Crippen LogP contribution in [0.15, 0.2) is 12.1 Å². The van der Waals surface area contributed by atoms with Gasteiger partial charge in [0.05, 0.1) is 30.3 Å². The van der Waals surface area contributed by atoms with E-state index >= 15 is 0 Å². The number of anilines is 1. The summed E-state index contributed by atoms with van der Waals surface area (Å²) in [4.78, 5) is 24.1. The number of hydrogen-bond donors (Lipinski definition) is 1. The van der Waals surface area contributed by atoms with E-state index in [1.807, 2.05) is 0 Å². The molecule has 27 heavy (non-hydrogen) atoms. The van der Waals surface area contributed by atoms with Crippen LogP contribution in [-0.2, 0) is 19.4 Å². The molecule has 3 fully saturated rings. The average Bonchev–Trinajstić information content (AvgIpc) is 2.90. The first kappa shape index (κ1) is 18.1. The minimum absolute atomic E-state index is 0.0301. The Hall–Kier alpha value is -2.23. The van der Waals surface area contributed by atoms with Gasteiger partial charge in [-0.3, -0.25) is 9.69 Å². The summed E-state index contributed by atoms with van der Waals surface area (Å²) in [6.45, 7) is 1.50. The maximum Gasteiger partial charge on any atom is 0.414 e. The average molecular weight is 400 g/mol. The van der Waals surface area contributed by atoms with Crippen LogP contribution in [0.2, 0.25) is 0 Å². The zero-order chi connectivity index (χ0) is 19.5. The summed E-state index contributed by atoms with van der Waals surface area (Å²) in [5.41, 5.74) is -0.0754. The van der Waals surface area contributed by atoms with Gasteiger partial charge in [0.25, 0.3) is 0 Å². The Labute approximate surface area is 154 Å². The van der Waals surface area contributed by atoms with Crippen molar-refractivity contribution < 1.29 is 31.5 Å². The van der Waals surface area contributed by atoms with E-state index in [4.69, 9.17) is 4.74 Å². The summed E-state index contributed by atoms with van der Waals surface area (Å²) in [5, 5.41) is 2.52. The van der Waals surface area contributed by atoms with Crippen molar-refractivity contribution in [3.63, 3.8) is 0 Å². The van der Waals surface area contributed by atoms with Crippen LogP contribution in [0.4, 0.5) is 19.3 Å². The SMILES string of the molecule is CC(=O)NC[C@H]1CN(c2cc(F)c([C@H]3[C@@H]4CS(=O)(=O)C[C@@H]43)c(F)c2)C(=O)O1. The van der Waals surface area contributed by atoms with Gasteiger partial charge < -0.3 is 10.1 Å². The number of amides is 2. The first-order chi connectivity index (χ1) is 12.7. The molecule has 4 rings (SSSR count). The number of nitrogens with zero attached hydrogens (tertiary/aromatic N) is 1. The highest BCUT2D eigenvalue weighted by molar-refractivity contribution is 7.91. The maximum atomic E-state index is 14.6. The standard InChI is InChI=1S/C17H18F2N2O5S/c1-8(22)20-4-10-5-21(17(23)26-10)9-2-13(18)16(14(19)3-9)15-11-6-27(24,25)7-12(11)15/h2-3,10-12,15H,4-7H2,1H3,(H,20,22)/t10-,11-,12+,15+/m0/s1. The van der Waals surface area contributed by atoms with E-state index in [-0.39, 0.29) is 53.6 Å². The highest BCUT2D eigenvalue weighted by atomic mass is 32.2. The Morgan fingerprint density at radius 3 is 2.41 bits per heavy atom. The van der Waals surface area contributed by atoms with Crippen LogP contribution < -0.4 is 10.2 Å². The van der Waals surface area contributed by atoms with Crippen LogP contribution in [0.3, 0.4) is 0 Å². The molecule has 3 aliphatic rings. The molecule has 1 saturated carbocycles. The van der Waals surface area contributed by atoms with E-state index in [1.165, 1.54) is 6.92 Å². The molecule has 1 aromatic carbocycles. The number of ether oxygens (including phenoxy) is 1. The number of sulfone groups is 1. The van der Waals surface area contributed by atoms with Gasteiger partial charge in [0, 0.05) is 12.5 Å². The summed E-state index contributed by atoms with van der Waals surface area (Å²) >= 11 is 0. The number of rotatable bonds is 4. The molecular formula is C17H18F2N2O5S. The lowest BCUT2D eigenvalue weighted by atomic mass is 10.1. The fraction of sp³-hybridized carbons (Fsp3) is 0.529. The normalized spacial score (nSPS) is 30.8. The maximum absolute atomic E-state index is 14.6. The number of benzene rings is 1. The number of hydrogen-bond acceptors (Lipinski definition) is 5. The fourth-order valence-corrected chi connectivity index (χ4v) is 6.34. The molecule has 2 aliphatic heterocycles. The minimum atomic E-state index is -3.10. The lowest BCUT2D eigenvalue weighted by Gasteiger charge is -2.16. The summed E-state index contributed by atoms with van der Waals surface area (Å²) in [7, 11) is -3.10. The van der Waals surface area contributed by atoms with E-state index in [0.29, 0.717) is 0 Å². The second-order valence-corrected chi connectivity index (χ2v) is 9.46. The Morgan fingerprint density at radius 1 is 1.26 bits per heavy atom. The number of carbonyl (C=O) groups excluding carboxylic acids is 2. The molecule has 7 nitrogen and oxygen atoms in total. The predicted molar refractivity (Wildman–Crippen MR) is 91.0 cm³/mol. The zero-order valence-corrected chi connectivity index (χ0v) is 15.3. The Bertz CT molecular complexity index is 894. The molecule has 2 heterocycles. The number of halogens is 2. The molecule has 0 spiro atoms. The van der Waals surface area contributed by atoms with Crippen molar-refractivity contribution in [1.82, 2.24) is 5.32 Å². The smallest absolute Gasteiger partial charge is 0.414 e. The Balaban J connectivity index is 1.51. The first-order valence-electron chi connectivity index (χ1n) is 8.58. The monoisotopic (exact) mass is 400 g/mol. The van der Waals surface area contributed by atoms with Gasteiger partial charge in [0.15, 0.2) is 9.84 Å². The number of nitrogens with one attached hydrogen (secondary N) is 1. The third-order valence-corrected chi connectivity index (χ3v) is 7.17. The first-order valence-corrected chi connectivity index (χ1v) is 10.4. The molecule has 4 atom stereocenters. The Kier molecular flexibility index (Phi) is 4.13. The highest BCUT2D eigenvalue weighted by Crippen LogP contribution is 2.60. The van der Waals surface area contributed by atoms with E-state index in [9.17, 15) is 26.8 Å². The zero-order valence-electron chi connectivity index (χ0n) is 14.4. The third kappa shape index (κ3) is 3.26. The van der Waals surface area contributed by atoms with Crippen LogP contribution in [0.25, 0.3) is 0 Å². The lowest BCUT2D eigenvalue weighted by Crippen LogP contribution is -2.33. The Morgan fingerprint density at radius 2 is 1.85 bits per heavy atom. The van der Waals surface area contributed by atoms with Crippen LogP contribution >= 0.6 is 0 Å². The molecule has 1 aromatic rings. The number of carbonyl (C=O) groups is 2. The molecule has 0 aromatic heterocycles. The van der Waals surface area contributed by atoms with Crippen LogP contribution in [0.5, 0.6) is 0 Å². The lowest BCUT2D eigenvalue weighted by molar-refractivity contribution is -0.119. The quantitative estimate of drug-likeness (QED) is 0.820. The van der Waals surface area contributed by atoms with E-state index in [1.54, 1.807) is 0 Å². The largest absolute Gasteiger partial charge is 0.442 e. The van der Waals surface area contributed by atoms with Gasteiger partial charge in [0.1, 0.15) is 17.7 Å². The molecule has 146 valence electrons. The molecule has 0 bridgehead atoms. The van der Waals surface area contributed by atoms with E-state index < -0.39 is 39.6 Å². The second-order valence-electron chi connectivity index (χ2n) is 7.31. The van der Waals surface area contributed by atoms with Crippen molar-refractivity contribution in [1.29, 1.82) is 0 Å². The van der Waals surface area contributed by atoms with Gasteiger partial charge in [-0.25, -0.2) is 22.0 Å². The van der Waals surface area contributed by atoms with Crippen molar-refractivity contribution in [3.8, 4) is 0 Å². The summed E-state index contributed by atoms with van der Waals surface area (Å²) in [5.74, 6) is -2.82. The minimum Gasteiger partial charge on any atom is -0.442 e. The van der Waals surface area contributed by atoms with Crippen LogP contribution in [0.1, 0.15) is 18.4 Å². The summed E-state index contributed by atoms with van der Waals surface area (Å²) < 4.78 is 57.4. The van der Waals surface area contributed by atoms with Crippen molar-refractivity contribution in [3.05, 3.63) is 29.3 Å². The topological polar surface area (TPSA) is 92.8 Å². The van der Waals surface area contributed by atoms with Crippen molar-refractivity contribution in [2.45, 2.75) is 18.9 Å². The molecular weight excluding hydrogens is 382 g/mol. The van der Waals surface area contributed by atoms with Gasteiger partial charge in [-0.2, -0.15) is 0 Å². The molecule has 10 heteroatoms. The van der Waals surface area contributed by atoms with Gasteiger partial charge in [0.2, 0.25) is 5.91 Å². The van der Waals surface area contributed by atoms with Gasteiger partial charge >= 0.3 is 6.09 Å². The molecule has 1 aliphatic carbocycles. The van der Waals surface area contributed by atoms with Gasteiger partial charge in [-0.1, -0.05) is 0 Å². The fourth-order valence-electron chi connectivity index (χ4n) is 4.12. The van der Waals surface area contributed by atoms with Gasteiger partial charge in [-0.05, 0) is 29.9 Å². The summed E-state index contributed by atoms with van der Waals surface area (Å²) in [6.07, 6.45) is -1.36. The third-order valence-electron chi connectivity index (χ3n) is 5.39. The number of cyclic esters (lactones) is 1. The van der Waals surface area contributed by atoms with Crippen molar-refractivity contribution in [2.75, 3.05) is 29.5 Å². The second kappa shape index (κ2) is 6.15. The van der Waals surface area contributed by atoms with Crippen molar-refractivity contribution >= 4 is 27.5 Å². The molecule has 0 radical (unpaired) electrons. The van der Waals surface area contributed by atoms with Gasteiger partial charge in [-0.15, -0.1) is 0 Å². The molecule has 1 N–H and O–H groups in total. The van der Waals surface area contributed by atoms with E-state index in [0.717, 1.165) is 17.0 Å². The number of fused-ring (bicyclic) bond motifs is 1. The van der Waals surface area contributed by atoms with Crippen LogP contribution in [-0.4, -0.2) is 51.1 Å². The molecule has 2 saturated heterocycles. The molecule has 2 amide bonds. The van der Waals surface area contributed by atoms with E-state index in [2.05, 4.69) is 5.32 Å². The molecule has 0 unspecified atom stereocenters. The summed E-state index contributed by atoms with van der Waals surface area (Å²) in [6, 6.07) is 2.14.